The first-order chi connectivity index (χ1) is 24.6. The average Bonchev–Trinajstić information content (AvgIpc) is 3.88. The van der Waals surface area contributed by atoms with Gasteiger partial charge in [0.15, 0.2) is 11.0 Å². The minimum atomic E-state index is -0.855. The lowest BCUT2D eigenvalue weighted by Crippen LogP contribution is -2.39. The number of esters is 1. The minimum Gasteiger partial charge on any atom is -0.465 e. The van der Waals surface area contributed by atoms with Crippen molar-refractivity contribution in [2.45, 2.75) is 25.4 Å². The molecule has 0 aliphatic rings. The second kappa shape index (κ2) is 14.7. The Hall–Kier alpha value is -5.93. The third-order valence-electron chi connectivity index (χ3n) is 8.81. The lowest BCUT2D eigenvalue weighted by molar-refractivity contribution is 0.0606. The highest BCUT2D eigenvalue weighted by molar-refractivity contribution is 7.17. The molecule has 0 unspecified atom stereocenters. The van der Waals surface area contributed by atoms with Crippen LogP contribution < -0.4 is 4.90 Å². The predicted octanol–water partition coefficient (Wildman–Crippen LogP) is 8.51. The fraction of sp³-hybridized carbons (Fsp3) is 0.146. The molecular formula is C41H36N6O2S. The molecule has 248 valence electrons. The maximum absolute atomic E-state index is 12.1. The van der Waals surface area contributed by atoms with E-state index in [-0.39, 0.29) is 5.97 Å². The molecule has 0 radical (unpaired) electrons. The van der Waals surface area contributed by atoms with Crippen molar-refractivity contribution in [3.8, 4) is 22.5 Å². The van der Waals surface area contributed by atoms with Crippen molar-refractivity contribution >= 4 is 22.4 Å². The first kappa shape index (κ1) is 32.6. The molecule has 0 fully saturated rings. The van der Waals surface area contributed by atoms with Gasteiger partial charge in [-0.2, -0.15) is 0 Å². The molecule has 50 heavy (non-hydrogen) atoms. The topological polar surface area (TPSA) is 86.0 Å². The van der Waals surface area contributed by atoms with Gasteiger partial charge in [0.2, 0.25) is 0 Å². The number of aromatic nitrogens is 5. The molecule has 5 aromatic carbocycles. The van der Waals surface area contributed by atoms with Gasteiger partial charge in [-0.25, -0.2) is 14.5 Å². The van der Waals surface area contributed by atoms with Gasteiger partial charge in [0.1, 0.15) is 10.4 Å². The van der Waals surface area contributed by atoms with Gasteiger partial charge in [-0.3, -0.25) is 0 Å². The van der Waals surface area contributed by atoms with Crippen LogP contribution in [-0.4, -0.2) is 44.8 Å². The Morgan fingerprint density at radius 2 is 1.32 bits per heavy atom. The van der Waals surface area contributed by atoms with Crippen molar-refractivity contribution in [2.75, 3.05) is 18.6 Å². The number of tetrazole rings is 1. The van der Waals surface area contributed by atoms with Crippen LogP contribution >= 0.6 is 11.3 Å². The lowest BCUT2D eigenvalue weighted by atomic mass is 9.77. The number of methoxy groups -OCH3 is 1. The number of benzene rings is 5. The molecule has 7 aromatic rings. The molecular weight excluding hydrogens is 641 g/mol. The van der Waals surface area contributed by atoms with E-state index in [0.717, 1.165) is 57.0 Å². The van der Waals surface area contributed by atoms with Crippen molar-refractivity contribution in [1.82, 2.24) is 25.2 Å². The first-order valence-electron chi connectivity index (χ1n) is 16.6. The van der Waals surface area contributed by atoms with E-state index < -0.39 is 5.54 Å². The third-order valence-corrected chi connectivity index (χ3v) is 9.85. The zero-order chi connectivity index (χ0) is 34.3. The van der Waals surface area contributed by atoms with Crippen LogP contribution in [0.2, 0.25) is 0 Å². The largest absolute Gasteiger partial charge is 0.465 e. The summed E-state index contributed by atoms with van der Waals surface area (Å²) in [4.78, 5) is 19.3. The molecule has 0 amide bonds. The number of carbonyl (C=O) groups excluding carboxylic acids is 1. The maximum Gasteiger partial charge on any atom is 0.349 e. The van der Waals surface area contributed by atoms with E-state index in [9.17, 15) is 4.79 Å². The second-order valence-electron chi connectivity index (χ2n) is 11.9. The van der Waals surface area contributed by atoms with Gasteiger partial charge in [-0.1, -0.05) is 158 Å². The number of anilines is 1. The van der Waals surface area contributed by atoms with Crippen molar-refractivity contribution < 1.29 is 9.53 Å². The summed E-state index contributed by atoms with van der Waals surface area (Å²) in [6.45, 7) is 3.61. The summed E-state index contributed by atoms with van der Waals surface area (Å²) >= 11 is 1.35. The number of hydrogen-bond donors (Lipinski definition) is 0. The Morgan fingerprint density at radius 1 is 0.760 bits per heavy atom. The number of ether oxygens (including phenoxy) is 1. The number of hydrogen-bond acceptors (Lipinski definition) is 8. The van der Waals surface area contributed by atoms with E-state index in [0.29, 0.717) is 17.2 Å². The summed E-state index contributed by atoms with van der Waals surface area (Å²) in [5, 5.41) is 14.6. The van der Waals surface area contributed by atoms with Crippen LogP contribution in [0.4, 0.5) is 5.13 Å². The monoisotopic (exact) mass is 676 g/mol. The van der Waals surface area contributed by atoms with E-state index in [2.05, 4.69) is 131 Å². The molecule has 7 rings (SSSR count). The van der Waals surface area contributed by atoms with E-state index in [4.69, 9.17) is 15.0 Å². The van der Waals surface area contributed by atoms with Gasteiger partial charge in [0.25, 0.3) is 0 Å². The summed E-state index contributed by atoms with van der Waals surface area (Å²) in [6, 6.07) is 48.1. The summed E-state index contributed by atoms with van der Waals surface area (Å²) in [5.74, 6) is 0.285. The SMILES string of the molecule is CCCN(Cc1ccc(-c2ccccc2-c2nnnn2C(c2ccccc2)(c2ccccc2)c2ccccc2)cc1)c1ncc(C(=O)OC)s1. The maximum atomic E-state index is 12.1. The minimum absolute atomic E-state index is 0.368. The lowest BCUT2D eigenvalue weighted by Gasteiger charge is -2.36. The van der Waals surface area contributed by atoms with Crippen molar-refractivity contribution in [1.29, 1.82) is 0 Å². The molecule has 2 aromatic heterocycles. The van der Waals surface area contributed by atoms with Crippen LogP contribution in [-0.2, 0) is 16.8 Å². The van der Waals surface area contributed by atoms with E-state index in [1.807, 2.05) is 35.0 Å². The zero-order valence-corrected chi connectivity index (χ0v) is 28.7. The molecule has 0 saturated heterocycles. The molecule has 0 aliphatic heterocycles. The number of thiazole rings is 1. The summed E-state index contributed by atoms with van der Waals surface area (Å²) < 4.78 is 6.86. The van der Waals surface area contributed by atoms with Gasteiger partial charge in [0.05, 0.1) is 13.3 Å². The number of nitrogens with zero attached hydrogens (tertiary/aromatic N) is 6. The molecule has 9 heteroatoms. The fourth-order valence-corrected chi connectivity index (χ4v) is 7.40. The fourth-order valence-electron chi connectivity index (χ4n) is 6.54. The molecule has 0 N–H and O–H groups in total. The summed E-state index contributed by atoms with van der Waals surface area (Å²) in [7, 11) is 1.39. The second-order valence-corrected chi connectivity index (χ2v) is 12.9. The Balaban J connectivity index is 1.30. The molecule has 0 atom stereocenters. The van der Waals surface area contributed by atoms with E-state index >= 15 is 0 Å². The molecule has 0 aliphatic carbocycles. The van der Waals surface area contributed by atoms with Gasteiger partial charge >= 0.3 is 5.97 Å². The Labute approximate surface area is 295 Å². The molecule has 0 spiro atoms. The first-order valence-corrected chi connectivity index (χ1v) is 17.4. The van der Waals surface area contributed by atoms with Gasteiger partial charge < -0.3 is 9.64 Å². The number of rotatable bonds is 12. The van der Waals surface area contributed by atoms with Crippen LogP contribution in [0.15, 0.2) is 146 Å². The normalized spacial score (nSPS) is 11.3. The van der Waals surface area contributed by atoms with Gasteiger partial charge in [0, 0.05) is 18.7 Å². The predicted molar refractivity (Wildman–Crippen MR) is 198 cm³/mol. The smallest absolute Gasteiger partial charge is 0.349 e. The number of carbonyl (C=O) groups is 1. The van der Waals surface area contributed by atoms with Crippen LogP contribution in [0.25, 0.3) is 22.5 Å². The average molecular weight is 677 g/mol. The molecule has 8 nitrogen and oxygen atoms in total. The molecule has 0 bridgehead atoms. The Kier molecular flexibility index (Phi) is 9.57. The van der Waals surface area contributed by atoms with Gasteiger partial charge in [-0.05, 0) is 50.2 Å². The Morgan fingerprint density at radius 3 is 1.88 bits per heavy atom. The molecule has 2 heterocycles. The highest BCUT2D eigenvalue weighted by Gasteiger charge is 2.42. The third kappa shape index (κ3) is 6.19. The highest BCUT2D eigenvalue weighted by Crippen LogP contribution is 2.43. The standard InChI is InChI=1S/C41H36N6O2S/c1-3-27-46(40-42-28-37(50-40)39(48)49-2)29-30-23-25-31(26-24-30)35-21-13-14-22-36(35)38-43-44-45-47(38)41(32-15-7-4-8-16-32,33-17-9-5-10-18-33)34-19-11-6-12-20-34/h4-26,28H,3,27,29H2,1-2H3. The summed E-state index contributed by atoms with van der Waals surface area (Å²) in [6.07, 6.45) is 2.54. The van der Waals surface area contributed by atoms with Crippen LogP contribution in [0, 0.1) is 0 Å². The highest BCUT2D eigenvalue weighted by atomic mass is 32.1. The van der Waals surface area contributed by atoms with Crippen molar-refractivity contribution in [3.63, 3.8) is 0 Å². The zero-order valence-electron chi connectivity index (χ0n) is 27.9. The van der Waals surface area contributed by atoms with Crippen LogP contribution in [0.5, 0.6) is 0 Å². The van der Waals surface area contributed by atoms with Crippen molar-refractivity contribution in [3.05, 3.63) is 173 Å². The summed E-state index contributed by atoms with van der Waals surface area (Å²) in [5.41, 5.74) is 6.40. The van der Waals surface area contributed by atoms with Gasteiger partial charge in [-0.15, -0.1) is 5.10 Å². The van der Waals surface area contributed by atoms with Crippen LogP contribution in [0.1, 0.15) is 45.3 Å². The Bertz CT molecular complexity index is 2070. The van der Waals surface area contributed by atoms with Crippen LogP contribution in [0.3, 0.4) is 0 Å². The van der Waals surface area contributed by atoms with E-state index in [1.165, 1.54) is 18.4 Å². The quantitative estimate of drug-likeness (QED) is 0.0948. The van der Waals surface area contributed by atoms with Crippen molar-refractivity contribution in [2.24, 2.45) is 0 Å². The van der Waals surface area contributed by atoms with E-state index in [1.54, 1.807) is 6.20 Å². The molecule has 0 saturated carbocycles.